The van der Waals surface area contributed by atoms with Gasteiger partial charge in [-0.3, -0.25) is 4.90 Å². The van der Waals surface area contributed by atoms with E-state index in [9.17, 15) is 26.4 Å². The fraction of sp³-hybridized carbons (Fsp3) is 0.381. The van der Waals surface area contributed by atoms with Gasteiger partial charge in [0, 0.05) is 26.2 Å². The molecule has 2 aromatic carbocycles. The third-order valence-electron chi connectivity index (χ3n) is 5.14. The smallest absolute Gasteiger partial charge is 0.417 e. The maximum absolute atomic E-state index is 13.2. The summed E-state index contributed by atoms with van der Waals surface area (Å²) in [6.45, 7) is 2.33. The van der Waals surface area contributed by atoms with Gasteiger partial charge in [0.25, 0.3) is 0 Å². The number of carbonyl (C=O) groups is 1. The Morgan fingerprint density at radius 3 is 2.28 bits per heavy atom. The fourth-order valence-electron chi connectivity index (χ4n) is 3.59. The number of esters is 1. The summed E-state index contributed by atoms with van der Waals surface area (Å²) >= 11 is 5.61. The van der Waals surface area contributed by atoms with E-state index in [1.807, 2.05) is 11.0 Å². The van der Waals surface area contributed by atoms with E-state index in [1.54, 1.807) is 31.2 Å². The monoisotopic (exact) mass is 490 g/mol. The van der Waals surface area contributed by atoms with Crippen LogP contribution in [-0.2, 0) is 25.7 Å². The number of nitrogens with zero attached hydrogens (tertiary/aromatic N) is 2. The van der Waals surface area contributed by atoms with Crippen molar-refractivity contribution >= 4 is 27.6 Å². The van der Waals surface area contributed by atoms with Gasteiger partial charge in [-0.05, 0) is 30.7 Å². The molecule has 0 radical (unpaired) electrons. The molecule has 0 aliphatic carbocycles. The number of rotatable bonds is 6. The lowest BCUT2D eigenvalue weighted by atomic mass is 10.0. The first-order valence-corrected chi connectivity index (χ1v) is 11.7. The zero-order valence-corrected chi connectivity index (χ0v) is 18.8. The number of carbonyl (C=O) groups excluding carboxylic acids is 1. The summed E-state index contributed by atoms with van der Waals surface area (Å²) in [5, 5.41) is -0.568. The Labute approximate surface area is 189 Å². The minimum Gasteiger partial charge on any atom is -0.465 e. The van der Waals surface area contributed by atoms with Crippen LogP contribution in [0.2, 0.25) is 5.02 Å². The van der Waals surface area contributed by atoms with Crippen molar-refractivity contribution < 1.29 is 31.1 Å². The van der Waals surface area contributed by atoms with Crippen LogP contribution in [0.3, 0.4) is 0 Å². The SMILES string of the molecule is CCOC(=O)[C@@H](c1ccccc1)N1CCN(S(=O)(=O)c2ccc(Cl)c(C(F)(F)F)c2)CC1. The lowest BCUT2D eigenvalue weighted by Crippen LogP contribution is -2.51. The Hall–Kier alpha value is -2.14. The van der Waals surface area contributed by atoms with Crippen LogP contribution in [0.1, 0.15) is 24.1 Å². The average Bonchev–Trinajstić information content (AvgIpc) is 2.74. The molecule has 3 rings (SSSR count). The lowest BCUT2D eigenvalue weighted by Gasteiger charge is -2.37. The molecule has 1 aliphatic heterocycles. The number of benzene rings is 2. The molecule has 0 amide bonds. The van der Waals surface area contributed by atoms with Crippen molar-refractivity contribution in [1.29, 1.82) is 0 Å². The molecule has 32 heavy (non-hydrogen) atoms. The van der Waals surface area contributed by atoms with Crippen molar-refractivity contribution in [3.8, 4) is 0 Å². The molecule has 1 aliphatic rings. The first-order valence-electron chi connectivity index (χ1n) is 9.88. The average molecular weight is 491 g/mol. The number of halogens is 4. The normalized spacial score (nSPS) is 17.2. The summed E-state index contributed by atoms with van der Waals surface area (Å²) < 4.78 is 71.7. The van der Waals surface area contributed by atoms with Gasteiger partial charge in [-0.2, -0.15) is 17.5 Å². The molecule has 0 spiro atoms. The van der Waals surface area contributed by atoms with E-state index in [-0.39, 0.29) is 32.8 Å². The van der Waals surface area contributed by atoms with Crippen molar-refractivity contribution in [2.24, 2.45) is 0 Å². The van der Waals surface area contributed by atoms with Gasteiger partial charge >= 0.3 is 12.1 Å². The van der Waals surface area contributed by atoms with E-state index in [2.05, 4.69) is 0 Å². The Bertz CT molecular complexity index is 1060. The summed E-state index contributed by atoms with van der Waals surface area (Å²) in [5.41, 5.74) is -0.486. The minimum atomic E-state index is -4.77. The second-order valence-electron chi connectivity index (χ2n) is 7.14. The molecule has 0 aromatic heterocycles. The van der Waals surface area contributed by atoms with E-state index < -0.39 is 43.7 Å². The molecule has 1 saturated heterocycles. The molecule has 1 heterocycles. The van der Waals surface area contributed by atoms with Crippen molar-refractivity contribution in [3.05, 3.63) is 64.7 Å². The fourth-order valence-corrected chi connectivity index (χ4v) is 5.26. The molecular formula is C21H22ClF3N2O4S. The van der Waals surface area contributed by atoms with Gasteiger partial charge in [0.05, 0.1) is 22.1 Å². The number of piperazine rings is 1. The summed E-state index contributed by atoms with van der Waals surface area (Å²) in [6, 6.07) is 10.8. The summed E-state index contributed by atoms with van der Waals surface area (Å²) in [5.74, 6) is -0.442. The highest BCUT2D eigenvalue weighted by atomic mass is 35.5. The quantitative estimate of drug-likeness (QED) is 0.573. The van der Waals surface area contributed by atoms with Crippen molar-refractivity contribution in [3.63, 3.8) is 0 Å². The van der Waals surface area contributed by atoms with Crippen LogP contribution >= 0.6 is 11.6 Å². The second-order valence-corrected chi connectivity index (χ2v) is 9.49. The maximum Gasteiger partial charge on any atom is 0.417 e. The van der Waals surface area contributed by atoms with Gasteiger partial charge in [-0.1, -0.05) is 41.9 Å². The number of hydrogen-bond donors (Lipinski definition) is 0. The highest BCUT2D eigenvalue weighted by molar-refractivity contribution is 7.89. The van der Waals surface area contributed by atoms with Crippen molar-refractivity contribution in [2.45, 2.75) is 24.0 Å². The minimum absolute atomic E-state index is 0.00898. The van der Waals surface area contributed by atoms with E-state index in [4.69, 9.17) is 16.3 Å². The molecule has 6 nitrogen and oxygen atoms in total. The van der Waals surface area contributed by atoms with Gasteiger partial charge in [-0.25, -0.2) is 13.2 Å². The third kappa shape index (κ3) is 5.25. The molecule has 0 bridgehead atoms. The molecule has 0 unspecified atom stereocenters. The van der Waals surface area contributed by atoms with Gasteiger partial charge < -0.3 is 4.74 Å². The van der Waals surface area contributed by atoms with Crippen LogP contribution in [-0.4, -0.2) is 56.4 Å². The number of ether oxygens (including phenoxy) is 1. The second kappa shape index (κ2) is 9.78. The Kier molecular flexibility index (Phi) is 7.49. The maximum atomic E-state index is 13.2. The van der Waals surface area contributed by atoms with Crippen LogP contribution in [0.25, 0.3) is 0 Å². The molecule has 0 N–H and O–H groups in total. The molecule has 174 valence electrons. The van der Waals surface area contributed by atoms with Crippen LogP contribution in [0, 0.1) is 0 Å². The molecule has 1 atom stereocenters. The number of alkyl halides is 3. The van der Waals surface area contributed by atoms with Gasteiger partial charge in [0.15, 0.2) is 0 Å². The van der Waals surface area contributed by atoms with Crippen molar-refractivity contribution in [2.75, 3.05) is 32.8 Å². The van der Waals surface area contributed by atoms with E-state index >= 15 is 0 Å². The van der Waals surface area contributed by atoms with Crippen LogP contribution in [0.15, 0.2) is 53.4 Å². The molecule has 0 saturated carbocycles. The van der Waals surface area contributed by atoms with Crippen LogP contribution in [0.5, 0.6) is 0 Å². The Morgan fingerprint density at radius 2 is 1.72 bits per heavy atom. The molecule has 1 fully saturated rings. The van der Waals surface area contributed by atoms with E-state index in [0.29, 0.717) is 6.07 Å². The van der Waals surface area contributed by atoms with E-state index in [0.717, 1.165) is 22.0 Å². The highest BCUT2D eigenvalue weighted by Gasteiger charge is 2.38. The predicted octanol–water partition coefficient (Wildman–Crippen LogP) is 3.97. The van der Waals surface area contributed by atoms with Crippen LogP contribution < -0.4 is 0 Å². The third-order valence-corrected chi connectivity index (χ3v) is 7.37. The van der Waals surface area contributed by atoms with Crippen LogP contribution in [0.4, 0.5) is 13.2 Å². The summed E-state index contributed by atoms with van der Waals surface area (Å²) in [4.78, 5) is 13.9. The van der Waals surface area contributed by atoms with Crippen molar-refractivity contribution in [1.82, 2.24) is 9.21 Å². The first-order chi connectivity index (χ1) is 15.1. The molecule has 11 heteroatoms. The van der Waals surface area contributed by atoms with E-state index in [1.165, 1.54) is 0 Å². The number of hydrogen-bond acceptors (Lipinski definition) is 5. The standard InChI is InChI=1S/C21H22ClF3N2O4S/c1-2-31-20(28)19(15-6-4-3-5-7-15)26-10-12-27(13-11-26)32(29,30)16-8-9-18(22)17(14-16)21(23,24)25/h3-9,14,19H,2,10-13H2,1H3/t19-/m1/s1. The highest BCUT2D eigenvalue weighted by Crippen LogP contribution is 2.36. The Morgan fingerprint density at radius 1 is 1.09 bits per heavy atom. The summed E-state index contributed by atoms with van der Waals surface area (Å²) in [6.07, 6.45) is -4.77. The molecular weight excluding hydrogens is 469 g/mol. The largest absolute Gasteiger partial charge is 0.465 e. The predicted molar refractivity (Wildman–Crippen MR) is 113 cm³/mol. The topological polar surface area (TPSA) is 66.9 Å². The Balaban J connectivity index is 1.80. The van der Waals surface area contributed by atoms with Gasteiger partial charge in [0.1, 0.15) is 6.04 Å². The zero-order valence-electron chi connectivity index (χ0n) is 17.2. The lowest BCUT2D eigenvalue weighted by molar-refractivity contribution is -0.150. The zero-order chi connectivity index (χ0) is 23.5. The summed E-state index contributed by atoms with van der Waals surface area (Å²) in [7, 11) is -4.17. The molecule has 2 aromatic rings. The first kappa shape index (κ1) is 24.5. The number of sulfonamides is 1. The van der Waals surface area contributed by atoms with Gasteiger partial charge in [0.2, 0.25) is 10.0 Å². The van der Waals surface area contributed by atoms with Gasteiger partial charge in [-0.15, -0.1) is 0 Å².